The van der Waals surface area contributed by atoms with E-state index in [1.165, 1.54) is 24.1 Å². The molecule has 1 aliphatic heterocycles. The van der Waals surface area contributed by atoms with E-state index in [-0.39, 0.29) is 5.56 Å². The third-order valence-electron chi connectivity index (χ3n) is 5.97. The van der Waals surface area contributed by atoms with Crippen LogP contribution in [-0.2, 0) is 32.9 Å². The number of nitrogens with zero attached hydrogens (tertiary/aromatic N) is 6. The molecule has 1 saturated heterocycles. The Balaban J connectivity index is 1.24. The van der Waals surface area contributed by atoms with Crippen molar-refractivity contribution < 1.29 is 0 Å². The Kier molecular flexibility index (Phi) is 5.69. The van der Waals surface area contributed by atoms with E-state index >= 15 is 0 Å². The van der Waals surface area contributed by atoms with Crippen LogP contribution in [-0.4, -0.2) is 68.4 Å². The zero-order valence-corrected chi connectivity index (χ0v) is 16.3. The van der Waals surface area contributed by atoms with Crippen LogP contribution in [0.1, 0.15) is 29.8 Å². The molecule has 1 aliphatic carbocycles. The molecule has 0 unspecified atom stereocenters. The summed E-state index contributed by atoms with van der Waals surface area (Å²) >= 11 is 0. The van der Waals surface area contributed by atoms with Gasteiger partial charge in [-0.25, -0.2) is 9.67 Å². The second kappa shape index (κ2) is 8.35. The molecule has 27 heavy (non-hydrogen) atoms. The second-order valence-electron chi connectivity index (χ2n) is 7.81. The first-order valence-corrected chi connectivity index (χ1v) is 10.2. The summed E-state index contributed by atoms with van der Waals surface area (Å²) in [7, 11) is 2.05. The molecule has 0 atom stereocenters. The number of aromatic nitrogens is 4. The molecule has 4 rings (SSSR count). The summed E-state index contributed by atoms with van der Waals surface area (Å²) in [5.74, 6) is 0. The number of hydrogen-bond donors (Lipinski definition) is 0. The van der Waals surface area contributed by atoms with E-state index < -0.39 is 0 Å². The van der Waals surface area contributed by atoms with Gasteiger partial charge >= 0.3 is 0 Å². The maximum absolute atomic E-state index is 12.3. The third-order valence-corrected chi connectivity index (χ3v) is 5.97. The summed E-state index contributed by atoms with van der Waals surface area (Å²) in [6, 6.07) is 1.82. The van der Waals surface area contributed by atoms with Gasteiger partial charge in [0.2, 0.25) is 0 Å². The van der Waals surface area contributed by atoms with Gasteiger partial charge in [0, 0.05) is 70.7 Å². The number of aryl methyl sites for hydroxylation is 3. The molecule has 1 fully saturated rings. The van der Waals surface area contributed by atoms with Crippen molar-refractivity contribution in [2.24, 2.45) is 7.05 Å². The Labute approximate surface area is 160 Å². The van der Waals surface area contributed by atoms with E-state index in [1.54, 1.807) is 4.68 Å². The molecule has 7 nitrogen and oxygen atoms in total. The lowest BCUT2D eigenvalue weighted by Gasteiger charge is -2.34. The van der Waals surface area contributed by atoms with E-state index in [0.717, 1.165) is 64.2 Å². The highest BCUT2D eigenvalue weighted by Gasteiger charge is 2.18. The SMILES string of the molecule is Cn1cncc1CCN1CCN(CCn2nc3c(cc2=O)CCCC3)CC1. The van der Waals surface area contributed by atoms with Gasteiger partial charge in [0.1, 0.15) is 0 Å². The average Bonchev–Trinajstić information content (AvgIpc) is 3.10. The number of piperazine rings is 1. The Morgan fingerprint density at radius 2 is 1.74 bits per heavy atom. The molecule has 2 aliphatic rings. The van der Waals surface area contributed by atoms with Crippen LogP contribution in [0.3, 0.4) is 0 Å². The Morgan fingerprint density at radius 3 is 2.48 bits per heavy atom. The summed E-state index contributed by atoms with van der Waals surface area (Å²) in [5.41, 5.74) is 3.66. The van der Waals surface area contributed by atoms with Crippen molar-refractivity contribution in [1.82, 2.24) is 29.1 Å². The van der Waals surface area contributed by atoms with Gasteiger partial charge in [0.25, 0.3) is 5.56 Å². The standard InChI is InChI=1S/C20H30N6O/c1-23-16-21-15-18(23)6-7-24-8-10-25(11-9-24)12-13-26-20(27)14-17-4-2-3-5-19(17)22-26/h14-16H,2-13H2,1H3. The first kappa shape index (κ1) is 18.4. The maximum atomic E-state index is 12.3. The molecular formula is C20H30N6O. The monoisotopic (exact) mass is 370 g/mol. The van der Waals surface area contributed by atoms with Crippen molar-refractivity contribution in [1.29, 1.82) is 0 Å². The normalized spacial score (nSPS) is 18.6. The first-order chi connectivity index (χ1) is 13.2. The molecule has 0 N–H and O–H groups in total. The molecule has 2 aromatic rings. The number of hydrogen-bond acceptors (Lipinski definition) is 5. The summed E-state index contributed by atoms with van der Waals surface area (Å²) in [6.45, 7) is 6.98. The van der Waals surface area contributed by atoms with Crippen LogP contribution in [0.5, 0.6) is 0 Å². The quantitative estimate of drug-likeness (QED) is 0.750. The number of imidazole rings is 1. The lowest BCUT2D eigenvalue weighted by molar-refractivity contribution is 0.128. The van der Waals surface area contributed by atoms with Crippen molar-refractivity contribution in [3.63, 3.8) is 0 Å². The number of rotatable bonds is 6. The van der Waals surface area contributed by atoms with Crippen molar-refractivity contribution in [3.8, 4) is 0 Å². The third kappa shape index (κ3) is 4.47. The van der Waals surface area contributed by atoms with Gasteiger partial charge in [0.05, 0.1) is 18.6 Å². The zero-order valence-electron chi connectivity index (χ0n) is 16.3. The smallest absolute Gasteiger partial charge is 0.267 e. The van der Waals surface area contributed by atoms with E-state index in [0.29, 0.717) is 6.54 Å². The molecule has 0 bridgehead atoms. The van der Waals surface area contributed by atoms with Gasteiger partial charge in [-0.15, -0.1) is 0 Å². The van der Waals surface area contributed by atoms with Crippen LogP contribution in [0.2, 0.25) is 0 Å². The van der Waals surface area contributed by atoms with Crippen molar-refractivity contribution in [2.45, 2.75) is 38.6 Å². The first-order valence-electron chi connectivity index (χ1n) is 10.2. The van der Waals surface area contributed by atoms with E-state index in [1.807, 2.05) is 18.6 Å². The van der Waals surface area contributed by atoms with Crippen LogP contribution in [0.15, 0.2) is 23.4 Å². The van der Waals surface area contributed by atoms with E-state index in [2.05, 4.69) is 31.5 Å². The lowest BCUT2D eigenvalue weighted by Crippen LogP contribution is -2.48. The number of fused-ring (bicyclic) bond motifs is 1. The van der Waals surface area contributed by atoms with E-state index in [9.17, 15) is 4.79 Å². The molecule has 146 valence electrons. The highest BCUT2D eigenvalue weighted by molar-refractivity contribution is 5.20. The van der Waals surface area contributed by atoms with Gasteiger partial charge in [-0.3, -0.25) is 9.69 Å². The predicted octanol–water partition coefficient (Wildman–Crippen LogP) is 0.716. The largest absolute Gasteiger partial charge is 0.338 e. The van der Waals surface area contributed by atoms with Gasteiger partial charge in [-0.1, -0.05) is 0 Å². The minimum absolute atomic E-state index is 0.0606. The van der Waals surface area contributed by atoms with Gasteiger partial charge in [0.15, 0.2) is 0 Å². The van der Waals surface area contributed by atoms with Crippen molar-refractivity contribution in [2.75, 3.05) is 39.3 Å². The van der Waals surface area contributed by atoms with Gasteiger partial charge in [-0.05, 0) is 31.2 Å². The molecule has 0 radical (unpaired) electrons. The highest BCUT2D eigenvalue weighted by Crippen LogP contribution is 2.16. The van der Waals surface area contributed by atoms with Crippen LogP contribution in [0, 0.1) is 0 Å². The predicted molar refractivity (Wildman–Crippen MR) is 105 cm³/mol. The molecule has 2 aromatic heterocycles. The lowest BCUT2D eigenvalue weighted by atomic mass is 9.97. The zero-order chi connectivity index (χ0) is 18.6. The molecule has 0 aromatic carbocycles. The maximum Gasteiger partial charge on any atom is 0.267 e. The molecule has 3 heterocycles. The average molecular weight is 371 g/mol. The van der Waals surface area contributed by atoms with Crippen molar-refractivity contribution in [3.05, 3.63) is 45.9 Å². The minimum Gasteiger partial charge on any atom is -0.338 e. The Bertz CT molecular complexity index is 818. The minimum atomic E-state index is 0.0606. The fourth-order valence-electron chi connectivity index (χ4n) is 4.13. The summed E-state index contributed by atoms with van der Waals surface area (Å²) in [4.78, 5) is 21.5. The molecular weight excluding hydrogens is 340 g/mol. The van der Waals surface area contributed by atoms with Gasteiger partial charge in [-0.2, -0.15) is 5.10 Å². The fraction of sp³-hybridized carbons (Fsp3) is 0.650. The van der Waals surface area contributed by atoms with Gasteiger partial charge < -0.3 is 9.47 Å². The second-order valence-corrected chi connectivity index (χ2v) is 7.81. The summed E-state index contributed by atoms with van der Waals surface area (Å²) in [5, 5.41) is 4.64. The fourth-order valence-corrected chi connectivity index (χ4v) is 4.13. The van der Waals surface area contributed by atoms with Crippen LogP contribution in [0.4, 0.5) is 0 Å². The summed E-state index contributed by atoms with van der Waals surface area (Å²) in [6.07, 6.45) is 9.28. The molecule has 0 saturated carbocycles. The van der Waals surface area contributed by atoms with Crippen LogP contribution < -0.4 is 5.56 Å². The van der Waals surface area contributed by atoms with Crippen LogP contribution in [0.25, 0.3) is 0 Å². The topological polar surface area (TPSA) is 59.2 Å². The highest BCUT2D eigenvalue weighted by atomic mass is 16.1. The van der Waals surface area contributed by atoms with Crippen LogP contribution >= 0.6 is 0 Å². The summed E-state index contributed by atoms with van der Waals surface area (Å²) < 4.78 is 3.78. The molecule has 7 heteroatoms. The van der Waals surface area contributed by atoms with Crippen molar-refractivity contribution >= 4 is 0 Å². The molecule has 0 spiro atoms. The van der Waals surface area contributed by atoms with E-state index in [4.69, 9.17) is 0 Å². The Hall–Kier alpha value is -1.99. The Morgan fingerprint density at radius 1 is 1.00 bits per heavy atom. The molecule has 0 amide bonds.